The first kappa shape index (κ1) is 6.91. The highest BCUT2D eigenvalue weighted by molar-refractivity contribution is 6.30. The summed E-state index contributed by atoms with van der Waals surface area (Å²) >= 11 is 5.85. The third-order valence-corrected chi connectivity index (χ3v) is 2.38. The number of nitrogens with zero attached hydrogens (tertiary/aromatic N) is 1. The second-order valence-electron chi connectivity index (χ2n) is 3.58. The molecule has 1 aromatic carbocycles. The van der Waals surface area contributed by atoms with Crippen LogP contribution in [0.25, 0.3) is 12.6 Å². The van der Waals surface area contributed by atoms with Crippen LogP contribution in [-0.2, 0) is 4.79 Å². The van der Waals surface area contributed by atoms with E-state index < -0.39 is 64.3 Å². The van der Waals surface area contributed by atoms with Crippen molar-refractivity contribution in [1.29, 1.82) is 2.86 Å². The number of carbonyl (C=O) groups excluding carboxylic acids is 1. The first-order chi connectivity index (χ1) is 13.9. The molecule has 1 aromatic heterocycles. The summed E-state index contributed by atoms with van der Waals surface area (Å²) in [7, 11) is 0. The van der Waals surface area contributed by atoms with E-state index in [2.05, 4.69) is 15.2 Å². The van der Waals surface area contributed by atoms with Gasteiger partial charge < -0.3 is 15.5 Å². The number of pyridine rings is 1. The molecule has 0 spiro atoms. The van der Waals surface area contributed by atoms with Gasteiger partial charge in [-0.25, -0.2) is 4.98 Å². The van der Waals surface area contributed by atoms with Gasteiger partial charge in [0.1, 0.15) is 12.2 Å². The van der Waals surface area contributed by atoms with Crippen LogP contribution in [0.4, 0.5) is 0 Å². The lowest BCUT2D eigenvalue weighted by Gasteiger charge is -2.07. The first-order valence-electron chi connectivity index (χ1n) is 9.56. The van der Waals surface area contributed by atoms with Crippen LogP contribution < -0.4 is 5.31 Å². The van der Waals surface area contributed by atoms with Crippen molar-refractivity contribution in [2.75, 3.05) is 6.50 Å². The summed E-state index contributed by atoms with van der Waals surface area (Å²) in [6.07, 6.45) is 0.923. The number of benzene rings is 1. The predicted octanol–water partition coefficient (Wildman–Crippen LogP) is 1.92. The Bertz CT molecular complexity index is 1010. The number of hydrogen-bond donors (Lipinski definition) is 3. The van der Waals surface area contributed by atoms with E-state index in [1.807, 2.05) is 0 Å². The highest BCUT2D eigenvalue weighted by atomic mass is 35.5. The molecular formula is C14H11ClN2O4. The average Bonchev–Trinajstić information content (AvgIpc) is 2.74. The molecule has 108 valence electrons. The Kier molecular flexibility index (Phi) is 2.05. The summed E-state index contributed by atoms with van der Waals surface area (Å²) in [6, 6.07) is -1.15. The molecule has 6 nitrogen and oxygen atoms in total. The van der Waals surface area contributed by atoms with Crippen molar-refractivity contribution < 1.29 is 29.4 Å². The number of carbonyl (C=O) groups is 2. The SMILES string of the molecule is [2H]OC(=O)C([2H])([2H])N([2H])C(=O)c1ncc(-c2c([2H])c([2H])c([2H])c(Cl)c2[2H])cc1O[2H]. The zero-order valence-electron chi connectivity index (χ0n) is 19.1. The van der Waals surface area contributed by atoms with Crippen molar-refractivity contribution in [3.8, 4) is 16.9 Å². The molecule has 1 heterocycles. The molecule has 2 rings (SSSR count). The van der Waals surface area contributed by atoms with Crippen LogP contribution in [0.15, 0.2) is 36.4 Å². The maximum Gasteiger partial charge on any atom is 0.322 e. The molecule has 0 aliphatic carbocycles. The number of halogens is 1. The number of nitrogens with one attached hydrogen (secondary N) is 1. The summed E-state index contributed by atoms with van der Waals surface area (Å²) in [5, 5.41) is 6.89. The Labute approximate surface area is 137 Å². The Balaban J connectivity index is 2.59. The number of rotatable bonds is 5. The minimum absolute atomic E-state index is 0.0793. The molecule has 0 bridgehead atoms. The fraction of sp³-hybridized carbons (Fsp3) is 0.0714. The van der Waals surface area contributed by atoms with E-state index in [0.29, 0.717) is 0 Å². The molecule has 0 aliphatic rings. The summed E-state index contributed by atoms with van der Waals surface area (Å²) in [5.41, 5.74) is -1.08. The van der Waals surface area contributed by atoms with Gasteiger partial charge in [-0.1, -0.05) is 23.7 Å². The molecule has 0 fully saturated rings. The zero-order valence-corrected chi connectivity index (χ0v) is 10.8. The van der Waals surface area contributed by atoms with Crippen molar-refractivity contribution in [3.63, 3.8) is 0 Å². The number of aliphatic carboxylic acids is 1. The van der Waals surface area contributed by atoms with E-state index in [1.54, 1.807) is 0 Å². The molecule has 0 radical (unpaired) electrons. The second-order valence-corrected chi connectivity index (χ2v) is 3.95. The van der Waals surface area contributed by atoms with Crippen LogP contribution in [0, 0.1) is 0 Å². The maximum atomic E-state index is 12.4. The Hall–Kier alpha value is -2.60. The maximum absolute atomic E-state index is 12.4. The summed E-state index contributed by atoms with van der Waals surface area (Å²) < 4.78 is 67.3. The monoisotopic (exact) mass is 315 g/mol. The van der Waals surface area contributed by atoms with Crippen LogP contribution in [0.2, 0.25) is 6.43 Å². The van der Waals surface area contributed by atoms with Crippen LogP contribution in [0.3, 0.4) is 0 Å². The van der Waals surface area contributed by atoms with Gasteiger partial charge in [-0.05, 0) is 23.7 Å². The third kappa shape index (κ3) is 3.70. The van der Waals surface area contributed by atoms with Crippen molar-refractivity contribution in [2.24, 2.45) is 0 Å². The lowest BCUT2D eigenvalue weighted by Crippen LogP contribution is -2.29. The Morgan fingerprint density at radius 1 is 1.52 bits per heavy atom. The highest BCUT2D eigenvalue weighted by Crippen LogP contribution is 2.26. The fourth-order valence-electron chi connectivity index (χ4n) is 1.36. The van der Waals surface area contributed by atoms with Gasteiger partial charge in [0.25, 0.3) is 8.77 Å². The van der Waals surface area contributed by atoms with Crippen LogP contribution in [-0.4, -0.2) is 35.0 Å². The van der Waals surface area contributed by atoms with Gasteiger partial charge in [0.15, 0.2) is 7.11 Å². The van der Waals surface area contributed by atoms with Crippen LogP contribution in [0.1, 0.15) is 18.7 Å². The largest absolute Gasteiger partial charge is 0.505 e. The minimum atomic E-state index is -3.35. The van der Waals surface area contributed by atoms with E-state index in [1.165, 1.54) is 0 Å². The van der Waals surface area contributed by atoms with Gasteiger partial charge in [-0.2, -0.15) is 0 Å². The van der Waals surface area contributed by atoms with Gasteiger partial charge in [-0.3, -0.25) is 9.59 Å². The Morgan fingerprint density at radius 2 is 2.38 bits per heavy atom. The summed E-state index contributed by atoms with van der Waals surface area (Å²) in [5.74, 6) is -3.99. The smallest absolute Gasteiger partial charge is 0.322 e. The fourth-order valence-corrected chi connectivity index (χ4v) is 1.50. The summed E-state index contributed by atoms with van der Waals surface area (Å²) in [4.78, 5) is 27.3. The highest BCUT2D eigenvalue weighted by Gasteiger charge is 2.14. The molecule has 0 unspecified atom stereocenters. The van der Waals surface area contributed by atoms with Gasteiger partial charge >= 0.3 is 5.97 Å². The van der Waals surface area contributed by atoms with Crippen LogP contribution in [0.5, 0.6) is 5.75 Å². The van der Waals surface area contributed by atoms with E-state index in [9.17, 15) is 9.59 Å². The lowest BCUT2D eigenvalue weighted by atomic mass is 10.1. The molecule has 2 aromatic rings. The molecule has 3 N–H and O–H groups in total. The number of amides is 1. The van der Waals surface area contributed by atoms with E-state index in [0.717, 1.165) is 12.3 Å². The topological polar surface area (TPSA) is 99.5 Å². The van der Waals surface area contributed by atoms with E-state index in [4.69, 9.17) is 24.1 Å². The Morgan fingerprint density at radius 3 is 3.14 bits per heavy atom. The number of aromatic nitrogens is 1. The molecule has 7 heteroatoms. The van der Waals surface area contributed by atoms with Gasteiger partial charge in [0.2, 0.25) is 0 Å². The van der Waals surface area contributed by atoms with Crippen molar-refractivity contribution in [1.82, 2.24) is 10.3 Å². The van der Waals surface area contributed by atoms with Gasteiger partial charge in [0.05, 0.1) is 8.22 Å². The molecule has 21 heavy (non-hydrogen) atoms. The van der Waals surface area contributed by atoms with Gasteiger partial charge in [-0.15, -0.1) is 0 Å². The zero-order chi connectivity index (χ0) is 23.0. The van der Waals surface area contributed by atoms with Crippen molar-refractivity contribution in [3.05, 3.63) is 47.1 Å². The minimum Gasteiger partial charge on any atom is -0.505 e. The number of hydrogen-bond acceptors (Lipinski definition) is 5. The first-order valence-corrected chi connectivity index (χ1v) is 5.68. The number of carboxylic acid groups (broad SMARTS) is 1. The average molecular weight is 316 g/mol. The van der Waals surface area contributed by atoms with Gasteiger partial charge in [0, 0.05) is 16.8 Å². The number of aromatic hydroxyl groups is 1. The molecule has 0 aliphatic heterocycles. The van der Waals surface area contributed by atoms with E-state index in [-0.39, 0.29) is 11.1 Å². The van der Waals surface area contributed by atoms with Crippen molar-refractivity contribution in [2.45, 2.75) is 0 Å². The number of carboxylic acids is 1. The molecule has 0 saturated heterocycles. The van der Waals surface area contributed by atoms with Crippen LogP contribution >= 0.6 is 11.6 Å². The normalized spacial score (nSPS) is 16.5. The molecular weight excluding hydrogens is 296 g/mol. The molecule has 0 atom stereocenters. The standard InChI is InChI=1S/C14H11ClN2O4/c15-10-3-1-2-8(4-10)9-5-11(18)13(16-6-9)14(21)17-7-12(19)20/h1-6,18H,7H2,(H,17,21)(H,19,20)/i1D,2D,3D,4D,7D2/hD3. The lowest BCUT2D eigenvalue weighted by molar-refractivity contribution is -0.135. The molecule has 0 saturated carbocycles. The summed E-state index contributed by atoms with van der Waals surface area (Å²) in [6.45, 7) is -3.35. The predicted molar refractivity (Wildman–Crippen MR) is 76.3 cm³/mol. The quantitative estimate of drug-likeness (QED) is 0.783. The molecule has 1 amide bonds. The third-order valence-electron chi connectivity index (χ3n) is 2.19. The van der Waals surface area contributed by atoms with Crippen molar-refractivity contribution >= 4 is 23.5 Å². The van der Waals surface area contributed by atoms with E-state index >= 15 is 0 Å². The second kappa shape index (κ2) is 6.23.